The number of aryl methyl sites for hydroxylation is 1. The van der Waals surface area contributed by atoms with Crippen LogP contribution in [0, 0.1) is 0 Å². The molecule has 1 fully saturated rings. The van der Waals surface area contributed by atoms with E-state index < -0.39 is 6.36 Å². The van der Waals surface area contributed by atoms with Crippen molar-refractivity contribution in [2.24, 2.45) is 0 Å². The summed E-state index contributed by atoms with van der Waals surface area (Å²) in [5.41, 5.74) is 4.35. The number of nitrogens with zero attached hydrogens (tertiary/aromatic N) is 2. The molecule has 0 bridgehead atoms. The molecule has 0 amide bonds. The van der Waals surface area contributed by atoms with Crippen molar-refractivity contribution in [2.45, 2.75) is 65.0 Å². The van der Waals surface area contributed by atoms with Crippen molar-refractivity contribution < 1.29 is 17.9 Å². The van der Waals surface area contributed by atoms with E-state index in [0.29, 0.717) is 6.04 Å². The lowest BCUT2D eigenvalue weighted by molar-refractivity contribution is -0.274. The van der Waals surface area contributed by atoms with Crippen molar-refractivity contribution in [1.29, 1.82) is 0 Å². The first kappa shape index (κ1) is 24.6. The largest absolute Gasteiger partial charge is 0.573 e. The Morgan fingerprint density at radius 3 is 2.41 bits per heavy atom. The van der Waals surface area contributed by atoms with Crippen molar-refractivity contribution in [3.63, 3.8) is 0 Å². The van der Waals surface area contributed by atoms with E-state index in [1.807, 2.05) is 0 Å². The maximum atomic E-state index is 12.6. The number of likely N-dealkylation sites (tertiary alicyclic amines) is 1. The van der Waals surface area contributed by atoms with Gasteiger partial charge in [0.15, 0.2) is 0 Å². The van der Waals surface area contributed by atoms with Gasteiger partial charge in [-0.15, -0.1) is 13.2 Å². The highest BCUT2D eigenvalue weighted by Crippen LogP contribution is 2.34. The minimum absolute atomic E-state index is 0.201. The molecular weight excluding hydrogens is 439 g/mol. The maximum absolute atomic E-state index is 12.6. The number of nitrogens with one attached hydrogen (secondary N) is 1. The molecular formula is C27H34F3N3O. The van der Waals surface area contributed by atoms with Crippen molar-refractivity contribution in [3.8, 4) is 16.9 Å². The summed E-state index contributed by atoms with van der Waals surface area (Å²) in [6.07, 6.45) is 1.95. The van der Waals surface area contributed by atoms with Crippen LogP contribution in [0.4, 0.5) is 13.2 Å². The lowest BCUT2D eigenvalue weighted by Gasteiger charge is -2.32. The molecule has 0 unspecified atom stereocenters. The van der Waals surface area contributed by atoms with Gasteiger partial charge >= 0.3 is 6.36 Å². The van der Waals surface area contributed by atoms with Gasteiger partial charge in [0, 0.05) is 41.8 Å². The van der Waals surface area contributed by atoms with Crippen molar-refractivity contribution >= 4 is 10.9 Å². The van der Waals surface area contributed by atoms with E-state index in [2.05, 4.69) is 57.8 Å². The normalized spacial score (nSPS) is 15.8. The van der Waals surface area contributed by atoms with Gasteiger partial charge in [0.05, 0.1) is 0 Å². The molecule has 1 aliphatic heterocycles. The predicted molar refractivity (Wildman–Crippen MR) is 131 cm³/mol. The Morgan fingerprint density at radius 1 is 1.03 bits per heavy atom. The van der Waals surface area contributed by atoms with Crippen LogP contribution in [0.2, 0.25) is 0 Å². The maximum Gasteiger partial charge on any atom is 0.573 e. The molecule has 184 valence electrons. The third-order valence-electron chi connectivity index (χ3n) is 6.58. The number of piperidine rings is 1. The summed E-state index contributed by atoms with van der Waals surface area (Å²) in [6.45, 7) is 9.34. The molecule has 3 aromatic rings. The van der Waals surface area contributed by atoms with Crippen molar-refractivity contribution in [2.75, 3.05) is 19.6 Å². The summed E-state index contributed by atoms with van der Waals surface area (Å²) < 4.78 is 44.0. The molecule has 7 heteroatoms. The van der Waals surface area contributed by atoms with Crippen LogP contribution in [0.5, 0.6) is 5.75 Å². The second-order valence-electron chi connectivity index (χ2n) is 9.12. The van der Waals surface area contributed by atoms with Gasteiger partial charge in [-0.3, -0.25) is 4.90 Å². The fourth-order valence-corrected chi connectivity index (χ4v) is 4.86. The van der Waals surface area contributed by atoms with Crippen LogP contribution in [0.15, 0.2) is 48.7 Å². The average molecular weight is 474 g/mol. The van der Waals surface area contributed by atoms with E-state index in [1.54, 1.807) is 12.1 Å². The number of hydrogen-bond donors (Lipinski definition) is 1. The standard InChI is InChI=1S/C27H34F3N3O/c1-3-5-14-33-19-25(21-7-9-23(10-8-21)34-27(28,29)30)24-17-20(6-11-26(24)33)18-32-15-12-22(13-16-32)31-4-2/h6-11,17,19,22,31H,3-5,12-16,18H2,1-2H3. The lowest BCUT2D eigenvalue weighted by Crippen LogP contribution is -2.42. The molecule has 2 aromatic carbocycles. The fraction of sp³-hybridized carbons (Fsp3) is 0.481. The summed E-state index contributed by atoms with van der Waals surface area (Å²) in [6, 6.07) is 13.5. The Bertz CT molecular complexity index is 1070. The Labute approximate surface area is 199 Å². The minimum Gasteiger partial charge on any atom is -0.406 e. The van der Waals surface area contributed by atoms with E-state index in [-0.39, 0.29) is 5.75 Å². The molecule has 1 saturated heterocycles. The van der Waals surface area contributed by atoms with Gasteiger partial charge in [-0.1, -0.05) is 38.5 Å². The minimum atomic E-state index is -4.69. The summed E-state index contributed by atoms with van der Waals surface area (Å²) >= 11 is 0. The van der Waals surface area contributed by atoms with Crippen molar-refractivity contribution in [3.05, 3.63) is 54.2 Å². The van der Waals surface area contributed by atoms with Crippen LogP contribution in [0.1, 0.15) is 45.1 Å². The second kappa shape index (κ2) is 10.8. The molecule has 0 atom stereocenters. The summed E-state index contributed by atoms with van der Waals surface area (Å²) in [7, 11) is 0. The van der Waals surface area contributed by atoms with E-state index in [4.69, 9.17) is 0 Å². The first-order chi connectivity index (χ1) is 16.4. The molecule has 4 nitrogen and oxygen atoms in total. The number of benzene rings is 2. The number of ether oxygens (including phenoxy) is 1. The van der Waals surface area contributed by atoms with Gasteiger partial charge < -0.3 is 14.6 Å². The molecule has 0 aliphatic carbocycles. The number of halogens is 3. The molecule has 0 radical (unpaired) electrons. The van der Waals surface area contributed by atoms with Crippen LogP contribution < -0.4 is 10.1 Å². The summed E-state index contributed by atoms with van der Waals surface area (Å²) in [5.74, 6) is -0.201. The average Bonchev–Trinajstić information content (AvgIpc) is 3.16. The van der Waals surface area contributed by atoms with Gasteiger partial charge in [0.1, 0.15) is 5.75 Å². The molecule has 34 heavy (non-hydrogen) atoms. The number of alkyl halides is 3. The third kappa shape index (κ3) is 6.13. The zero-order valence-corrected chi connectivity index (χ0v) is 20.0. The Hall–Kier alpha value is -2.51. The fourth-order valence-electron chi connectivity index (χ4n) is 4.86. The number of rotatable bonds is 9. The van der Waals surface area contributed by atoms with Gasteiger partial charge in [-0.2, -0.15) is 0 Å². The zero-order valence-electron chi connectivity index (χ0n) is 20.0. The number of aromatic nitrogens is 1. The number of unbranched alkanes of at least 4 members (excludes halogenated alkanes) is 1. The van der Waals surface area contributed by atoms with Gasteiger partial charge in [0.2, 0.25) is 0 Å². The Balaban J connectivity index is 1.59. The molecule has 0 spiro atoms. The zero-order chi connectivity index (χ0) is 24.1. The molecule has 4 rings (SSSR count). The van der Waals surface area contributed by atoms with E-state index >= 15 is 0 Å². The first-order valence-electron chi connectivity index (χ1n) is 12.3. The first-order valence-corrected chi connectivity index (χ1v) is 12.3. The molecule has 1 aliphatic rings. The van der Waals surface area contributed by atoms with Crippen LogP contribution in [0.3, 0.4) is 0 Å². The quantitative estimate of drug-likeness (QED) is 0.381. The third-order valence-corrected chi connectivity index (χ3v) is 6.58. The molecule has 1 N–H and O–H groups in total. The predicted octanol–water partition coefficient (Wildman–Crippen LogP) is 6.58. The molecule has 1 aromatic heterocycles. The Morgan fingerprint density at radius 2 is 1.76 bits per heavy atom. The van der Waals surface area contributed by atoms with Crippen LogP contribution in [0.25, 0.3) is 22.0 Å². The number of fused-ring (bicyclic) bond motifs is 1. The highest BCUT2D eigenvalue weighted by atomic mass is 19.4. The van der Waals surface area contributed by atoms with Gasteiger partial charge in [-0.25, -0.2) is 0 Å². The van der Waals surface area contributed by atoms with Crippen molar-refractivity contribution in [1.82, 2.24) is 14.8 Å². The van der Waals surface area contributed by atoms with E-state index in [1.165, 1.54) is 30.5 Å². The summed E-state index contributed by atoms with van der Waals surface area (Å²) in [5, 5.41) is 4.69. The van der Waals surface area contributed by atoms with Crippen LogP contribution in [-0.4, -0.2) is 41.5 Å². The monoisotopic (exact) mass is 473 g/mol. The highest BCUT2D eigenvalue weighted by Gasteiger charge is 2.31. The van der Waals surface area contributed by atoms with Gasteiger partial charge in [0.25, 0.3) is 0 Å². The highest BCUT2D eigenvalue weighted by molar-refractivity contribution is 5.96. The smallest absolute Gasteiger partial charge is 0.406 e. The SMILES string of the molecule is CCCCn1cc(-c2ccc(OC(F)(F)F)cc2)c2cc(CN3CCC(NCC)CC3)ccc21. The Kier molecular flexibility index (Phi) is 7.84. The molecule has 0 saturated carbocycles. The lowest BCUT2D eigenvalue weighted by atomic mass is 10.0. The second-order valence-corrected chi connectivity index (χ2v) is 9.12. The van der Waals surface area contributed by atoms with Gasteiger partial charge in [-0.05, 0) is 74.3 Å². The van der Waals surface area contributed by atoms with E-state index in [0.717, 1.165) is 67.6 Å². The summed E-state index contributed by atoms with van der Waals surface area (Å²) in [4.78, 5) is 2.51. The van der Waals surface area contributed by atoms with Crippen LogP contribution in [-0.2, 0) is 13.1 Å². The van der Waals surface area contributed by atoms with E-state index in [9.17, 15) is 13.2 Å². The number of hydrogen-bond acceptors (Lipinski definition) is 3. The molecule has 2 heterocycles. The topological polar surface area (TPSA) is 29.4 Å². The van der Waals surface area contributed by atoms with Crippen LogP contribution >= 0.6 is 0 Å².